The number of ether oxygens (including phenoxy) is 1. The van der Waals surface area contributed by atoms with Gasteiger partial charge in [-0.25, -0.2) is 0 Å². The van der Waals surface area contributed by atoms with Crippen molar-refractivity contribution in [2.75, 3.05) is 13.7 Å². The average Bonchev–Trinajstić information content (AvgIpc) is 2.84. The second-order valence-electron chi connectivity index (χ2n) is 4.31. The van der Waals surface area contributed by atoms with Crippen LogP contribution >= 0.6 is 11.6 Å². The van der Waals surface area contributed by atoms with Crippen molar-refractivity contribution in [3.05, 3.63) is 28.3 Å². The first-order chi connectivity index (χ1) is 8.13. The number of carbonyl (C=O) groups excluding carboxylic acids is 1. The predicted molar refractivity (Wildman–Crippen MR) is 68.1 cm³/mol. The Morgan fingerprint density at radius 3 is 2.88 bits per heavy atom. The number of ketones is 1. The summed E-state index contributed by atoms with van der Waals surface area (Å²) >= 11 is 6.02. The summed E-state index contributed by atoms with van der Waals surface area (Å²) in [5.41, 5.74) is 1.52. The van der Waals surface area contributed by atoms with Crippen LogP contribution in [0.25, 0.3) is 0 Å². The summed E-state index contributed by atoms with van der Waals surface area (Å²) in [5, 5.41) is 3.83. The normalized spacial score (nSPS) is 19.4. The van der Waals surface area contributed by atoms with Crippen molar-refractivity contribution in [1.82, 2.24) is 5.32 Å². The molecule has 0 aromatic heterocycles. The van der Waals surface area contributed by atoms with Gasteiger partial charge in [-0.05, 0) is 44.0 Å². The largest absolute Gasteiger partial charge is 0.496 e. The fraction of sp³-hybridized carbons (Fsp3) is 0.462. The Kier molecular flexibility index (Phi) is 3.69. The minimum absolute atomic E-state index is 0.0792. The Morgan fingerprint density at radius 2 is 2.29 bits per heavy atom. The average molecular weight is 254 g/mol. The second-order valence-corrected chi connectivity index (χ2v) is 4.72. The third-order valence-corrected chi connectivity index (χ3v) is 3.53. The summed E-state index contributed by atoms with van der Waals surface area (Å²) in [6.45, 7) is 2.80. The van der Waals surface area contributed by atoms with Crippen LogP contribution in [-0.4, -0.2) is 25.5 Å². The summed E-state index contributed by atoms with van der Waals surface area (Å²) in [4.78, 5) is 12.3. The van der Waals surface area contributed by atoms with Crippen molar-refractivity contribution in [3.63, 3.8) is 0 Å². The van der Waals surface area contributed by atoms with Crippen LogP contribution in [0.15, 0.2) is 12.1 Å². The van der Waals surface area contributed by atoms with E-state index in [4.69, 9.17) is 16.3 Å². The Balaban J connectivity index is 2.36. The topological polar surface area (TPSA) is 38.3 Å². The number of aryl methyl sites for hydroxylation is 1. The van der Waals surface area contributed by atoms with Gasteiger partial charge in [-0.3, -0.25) is 4.79 Å². The number of hydrogen-bond acceptors (Lipinski definition) is 3. The number of carbonyl (C=O) groups is 1. The van der Waals surface area contributed by atoms with Crippen molar-refractivity contribution in [2.24, 2.45) is 0 Å². The molecule has 1 atom stereocenters. The van der Waals surface area contributed by atoms with E-state index >= 15 is 0 Å². The number of hydrogen-bond donors (Lipinski definition) is 1. The lowest BCUT2D eigenvalue weighted by atomic mass is 10.00. The van der Waals surface area contributed by atoms with Crippen LogP contribution in [0.2, 0.25) is 5.02 Å². The molecule has 3 nitrogen and oxygen atoms in total. The molecule has 0 spiro atoms. The van der Waals surface area contributed by atoms with Gasteiger partial charge in [0.05, 0.1) is 18.7 Å². The van der Waals surface area contributed by atoms with E-state index in [-0.39, 0.29) is 11.8 Å². The summed E-state index contributed by atoms with van der Waals surface area (Å²) in [7, 11) is 1.56. The molecule has 1 aromatic rings. The zero-order valence-corrected chi connectivity index (χ0v) is 10.8. The highest BCUT2D eigenvalue weighted by Gasteiger charge is 2.26. The standard InChI is InChI=1S/C13H16ClNO2/c1-8-6-9(12(17-2)7-10(8)14)13(16)11-4-3-5-15-11/h6-7,11,15H,3-5H2,1-2H3. The van der Waals surface area contributed by atoms with Crippen molar-refractivity contribution in [3.8, 4) is 5.75 Å². The van der Waals surface area contributed by atoms with Gasteiger partial charge in [-0.15, -0.1) is 0 Å². The van der Waals surface area contributed by atoms with E-state index < -0.39 is 0 Å². The first-order valence-corrected chi connectivity index (χ1v) is 6.13. The van der Waals surface area contributed by atoms with Crippen LogP contribution in [0.4, 0.5) is 0 Å². The minimum atomic E-state index is -0.0792. The SMILES string of the molecule is COc1cc(Cl)c(C)cc1C(=O)C1CCCN1. The molecule has 2 rings (SSSR count). The first-order valence-electron chi connectivity index (χ1n) is 5.75. The molecule has 0 amide bonds. The molecule has 92 valence electrons. The number of rotatable bonds is 3. The van der Waals surface area contributed by atoms with Gasteiger partial charge in [0.1, 0.15) is 5.75 Å². The van der Waals surface area contributed by atoms with Crippen LogP contribution in [0, 0.1) is 6.92 Å². The molecule has 17 heavy (non-hydrogen) atoms. The fourth-order valence-corrected chi connectivity index (χ4v) is 2.27. The molecule has 1 aliphatic rings. The maximum atomic E-state index is 12.3. The van der Waals surface area contributed by atoms with Gasteiger partial charge in [0.25, 0.3) is 0 Å². The van der Waals surface area contributed by atoms with E-state index in [1.807, 2.05) is 13.0 Å². The molecule has 1 saturated heterocycles. The number of methoxy groups -OCH3 is 1. The Morgan fingerprint density at radius 1 is 1.53 bits per heavy atom. The zero-order valence-electron chi connectivity index (χ0n) is 10.0. The van der Waals surface area contributed by atoms with Crippen molar-refractivity contribution in [2.45, 2.75) is 25.8 Å². The number of benzene rings is 1. The third-order valence-electron chi connectivity index (χ3n) is 3.12. The van der Waals surface area contributed by atoms with Gasteiger partial charge in [0.2, 0.25) is 0 Å². The lowest BCUT2D eigenvalue weighted by Gasteiger charge is -2.14. The molecule has 0 saturated carbocycles. The smallest absolute Gasteiger partial charge is 0.183 e. The van der Waals surface area contributed by atoms with Crippen molar-refractivity contribution >= 4 is 17.4 Å². The second kappa shape index (κ2) is 5.07. The molecular weight excluding hydrogens is 238 g/mol. The number of nitrogens with one attached hydrogen (secondary N) is 1. The molecule has 0 radical (unpaired) electrons. The third kappa shape index (κ3) is 2.45. The van der Waals surface area contributed by atoms with Crippen LogP contribution in [0.3, 0.4) is 0 Å². The molecule has 1 fully saturated rings. The molecule has 1 unspecified atom stereocenters. The Bertz CT molecular complexity index is 439. The summed E-state index contributed by atoms with van der Waals surface area (Å²) in [6.07, 6.45) is 1.94. The van der Waals surface area contributed by atoms with Crippen LogP contribution in [-0.2, 0) is 0 Å². The highest BCUT2D eigenvalue weighted by atomic mass is 35.5. The number of Topliss-reactive ketones (excluding diaryl/α,β-unsaturated/α-hetero) is 1. The van der Waals surface area contributed by atoms with Crippen LogP contribution in [0.1, 0.15) is 28.8 Å². The lowest BCUT2D eigenvalue weighted by Crippen LogP contribution is -2.31. The van der Waals surface area contributed by atoms with E-state index in [1.54, 1.807) is 13.2 Å². The fourth-order valence-electron chi connectivity index (χ4n) is 2.12. The van der Waals surface area contributed by atoms with E-state index in [2.05, 4.69) is 5.32 Å². The molecular formula is C13H16ClNO2. The van der Waals surface area contributed by atoms with Gasteiger partial charge in [0, 0.05) is 5.02 Å². The van der Waals surface area contributed by atoms with Crippen LogP contribution in [0.5, 0.6) is 5.75 Å². The van der Waals surface area contributed by atoms with Gasteiger partial charge >= 0.3 is 0 Å². The Hall–Kier alpha value is -1.06. The quantitative estimate of drug-likeness (QED) is 0.842. The van der Waals surface area contributed by atoms with E-state index in [1.165, 1.54) is 0 Å². The summed E-state index contributed by atoms with van der Waals surface area (Å²) in [5.74, 6) is 0.651. The summed E-state index contributed by atoms with van der Waals surface area (Å²) in [6, 6.07) is 3.44. The maximum absolute atomic E-state index is 12.3. The van der Waals surface area contributed by atoms with Gasteiger partial charge in [-0.1, -0.05) is 11.6 Å². The molecule has 1 aromatic carbocycles. The predicted octanol–water partition coefficient (Wildman–Crippen LogP) is 2.59. The molecule has 1 aliphatic heterocycles. The number of halogens is 1. The van der Waals surface area contributed by atoms with Crippen LogP contribution < -0.4 is 10.1 Å². The monoisotopic (exact) mass is 253 g/mol. The van der Waals surface area contributed by atoms with Gasteiger partial charge < -0.3 is 10.1 Å². The lowest BCUT2D eigenvalue weighted by molar-refractivity contribution is 0.0949. The Labute approximate surface area is 106 Å². The molecule has 1 heterocycles. The summed E-state index contributed by atoms with van der Waals surface area (Å²) < 4.78 is 5.23. The molecule has 0 aliphatic carbocycles. The highest BCUT2D eigenvalue weighted by Crippen LogP contribution is 2.28. The van der Waals surface area contributed by atoms with E-state index in [0.29, 0.717) is 16.3 Å². The molecule has 0 bridgehead atoms. The zero-order chi connectivity index (χ0) is 12.4. The maximum Gasteiger partial charge on any atom is 0.183 e. The van der Waals surface area contributed by atoms with E-state index in [9.17, 15) is 4.79 Å². The minimum Gasteiger partial charge on any atom is -0.496 e. The first kappa shape index (κ1) is 12.4. The van der Waals surface area contributed by atoms with Gasteiger partial charge in [0.15, 0.2) is 5.78 Å². The van der Waals surface area contributed by atoms with E-state index in [0.717, 1.165) is 24.9 Å². The van der Waals surface area contributed by atoms with Gasteiger partial charge in [-0.2, -0.15) is 0 Å². The molecule has 4 heteroatoms. The highest BCUT2D eigenvalue weighted by molar-refractivity contribution is 6.31. The van der Waals surface area contributed by atoms with Crippen molar-refractivity contribution < 1.29 is 9.53 Å². The molecule has 1 N–H and O–H groups in total. The van der Waals surface area contributed by atoms with Crippen molar-refractivity contribution in [1.29, 1.82) is 0 Å².